The summed E-state index contributed by atoms with van der Waals surface area (Å²) in [5.41, 5.74) is 1.80. The van der Waals surface area contributed by atoms with Gasteiger partial charge in [0, 0.05) is 45.2 Å². The summed E-state index contributed by atoms with van der Waals surface area (Å²) >= 11 is 0. The highest BCUT2D eigenvalue weighted by Crippen LogP contribution is 2.29. The van der Waals surface area contributed by atoms with Crippen molar-refractivity contribution < 1.29 is 14.1 Å². The van der Waals surface area contributed by atoms with E-state index in [-0.39, 0.29) is 12.3 Å². The minimum absolute atomic E-state index is 0.260. The molecule has 1 atom stereocenters. The number of urea groups is 1. The number of fused-ring (bicyclic) bond motifs is 1. The Morgan fingerprint density at radius 2 is 2.12 bits per heavy atom. The summed E-state index contributed by atoms with van der Waals surface area (Å²) in [6.45, 7) is 6.55. The van der Waals surface area contributed by atoms with Crippen LogP contribution < -0.4 is 10.2 Å². The van der Waals surface area contributed by atoms with Gasteiger partial charge < -0.3 is 9.42 Å². The molecule has 4 rings (SSSR count). The monoisotopic (exact) mass is 357 g/mol. The van der Waals surface area contributed by atoms with Crippen molar-refractivity contribution in [1.29, 1.82) is 0 Å². The van der Waals surface area contributed by atoms with E-state index in [1.165, 1.54) is 4.90 Å². The number of benzene rings is 1. The Kier molecular flexibility index (Phi) is 4.37. The first-order chi connectivity index (χ1) is 12.5. The fourth-order valence-electron chi connectivity index (χ4n) is 3.68. The average molecular weight is 357 g/mol. The zero-order chi connectivity index (χ0) is 18.3. The van der Waals surface area contributed by atoms with Gasteiger partial charge in [0.1, 0.15) is 0 Å². The first-order valence-electron chi connectivity index (χ1n) is 8.93. The lowest BCUT2D eigenvalue weighted by Crippen LogP contribution is -2.50. The van der Waals surface area contributed by atoms with Gasteiger partial charge >= 0.3 is 6.03 Å². The van der Waals surface area contributed by atoms with Gasteiger partial charge in [-0.05, 0) is 31.7 Å². The highest BCUT2D eigenvalue weighted by atomic mass is 16.5. The van der Waals surface area contributed by atoms with Crippen LogP contribution in [0.3, 0.4) is 0 Å². The number of carbonyl (C=O) groups excluding carboxylic acids is 2. The maximum absolute atomic E-state index is 12.1. The number of hydrogen-bond donors (Lipinski definition) is 1. The van der Waals surface area contributed by atoms with Gasteiger partial charge in [0.05, 0.1) is 5.39 Å². The molecule has 2 aliphatic heterocycles. The number of nitrogens with zero attached hydrogens (tertiary/aromatic N) is 4. The second kappa shape index (κ2) is 6.69. The smallest absolute Gasteiger partial charge is 0.329 e. The number of rotatable bonds is 3. The number of hydrogen-bond acceptors (Lipinski definition) is 6. The fourth-order valence-corrected chi connectivity index (χ4v) is 3.68. The lowest BCUT2D eigenvalue weighted by atomic mass is 10.1. The van der Waals surface area contributed by atoms with Gasteiger partial charge in [-0.15, -0.1) is 0 Å². The van der Waals surface area contributed by atoms with Crippen molar-refractivity contribution in [3.63, 3.8) is 0 Å². The normalized spacial score (nSPS) is 22.8. The van der Waals surface area contributed by atoms with Crippen molar-refractivity contribution in [1.82, 2.24) is 20.3 Å². The molecule has 3 amide bonds. The zero-order valence-electron chi connectivity index (χ0n) is 15.1. The number of anilines is 1. The standard InChI is InChI=1S/C18H23N5O3/c1-12-10-21(2)7-8-22(12)11-13-3-4-15-14(9-13)17(20-26-15)23-6-5-16(24)19-18(23)25/h3-4,9,12H,5-8,10-11H2,1-2H3,(H,19,24,25)/t12-/m1/s1. The van der Waals surface area contributed by atoms with Crippen LogP contribution in [0.5, 0.6) is 0 Å². The second-order valence-corrected chi connectivity index (χ2v) is 7.17. The summed E-state index contributed by atoms with van der Waals surface area (Å²) in [7, 11) is 2.15. The molecule has 138 valence electrons. The highest BCUT2D eigenvalue weighted by molar-refractivity contribution is 6.08. The maximum atomic E-state index is 12.1. The van der Waals surface area contributed by atoms with E-state index in [0.717, 1.165) is 37.1 Å². The zero-order valence-corrected chi connectivity index (χ0v) is 15.1. The molecule has 0 aliphatic carbocycles. The van der Waals surface area contributed by atoms with Crippen LogP contribution in [-0.4, -0.2) is 66.2 Å². The molecule has 2 saturated heterocycles. The molecular formula is C18H23N5O3. The van der Waals surface area contributed by atoms with Crippen LogP contribution in [0.25, 0.3) is 11.0 Å². The van der Waals surface area contributed by atoms with Crippen molar-refractivity contribution >= 4 is 28.7 Å². The van der Waals surface area contributed by atoms with Gasteiger partial charge in [-0.25, -0.2) is 4.79 Å². The molecule has 3 heterocycles. The van der Waals surface area contributed by atoms with E-state index in [0.29, 0.717) is 24.0 Å². The van der Waals surface area contributed by atoms with Crippen LogP contribution in [-0.2, 0) is 11.3 Å². The third kappa shape index (κ3) is 3.17. The lowest BCUT2D eigenvalue weighted by Gasteiger charge is -2.38. The van der Waals surface area contributed by atoms with Crippen LogP contribution in [0.15, 0.2) is 22.7 Å². The molecule has 26 heavy (non-hydrogen) atoms. The summed E-state index contributed by atoms with van der Waals surface area (Å²) in [6.07, 6.45) is 0.262. The number of aromatic nitrogens is 1. The Bertz CT molecular complexity index is 848. The Balaban J connectivity index is 1.59. The number of amides is 3. The van der Waals surface area contributed by atoms with E-state index in [9.17, 15) is 9.59 Å². The van der Waals surface area contributed by atoms with Crippen LogP contribution >= 0.6 is 0 Å². The Morgan fingerprint density at radius 1 is 1.27 bits per heavy atom. The summed E-state index contributed by atoms with van der Waals surface area (Å²) in [6, 6.07) is 6.02. The van der Waals surface area contributed by atoms with Crippen molar-refractivity contribution in [3.8, 4) is 0 Å². The number of carbonyl (C=O) groups is 2. The Labute approximate surface area is 151 Å². The topological polar surface area (TPSA) is 81.9 Å². The van der Waals surface area contributed by atoms with E-state index >= 15 is 0 Å². The Hall–Kier alpha value is -2.45. The van der Waals surface area contributed by atoms with Gasteiger partial charge in [0.25, 0.3) is 0 Å². The molecule has 2 aliphatic rings. The number of likely N-dealkylation sites (N-methyl/N-ethyl adjacent to an activating group) is 1. The predicted molar refractivity (Wildman–Crippen MR) is 96.9 cm³/mol. The van der Waals surface area contributed by atoms with E-state index < -0.39 is 6.03 Å². The maximum Gasteiger partial charge on any atom is 0.329 e. The molecule has 1 aromatic heterocycles. The van der Waals surface area contributed by atoms with Crippen molar-refractivity contribution in [2.24, 2.45) is 0 Å². The van der Waals surface area contributed by atoms with E-state index in [1.54, 1.807) is 0 Å². The van der Waals surface area contributed by atoms with Crippen LogP contribution in [0, 0.1) is 0 Å². The summed E-state index contributed by atoms with van der Waals surface area (Å²) in [4.78, 5) is 29.8. The van der Waals surface area contributed by atoms with E-state index in [1.807, 2.05) is 18.2 Å². The number of nitrogens with one attached hydrogen (secondary N) is 1. The van der Waals surface area contributed by atoms with Gasteiger partial charge in [-0.3, -0.25) is 19.9 Å². The Morgan fingerprint density at radius 3 is 2.88 bits per heavy atom. The molecule has 2 fully saturated rings. The minimum atomic E-state index is -0.449. The van der Waals surface area contributed by atoms with Gasteiger partial charge in [-0.1, -0.05) is 11.2 Å². The predicted octanol–water partition coefficient (Wildman–Crippen LogP) is 1.41. The van der Waals surface area contributed by atoms with Crippen molar-refractivity contribution in [2.75, 3.05) is 38.1 Å². The summed E-state index contributed by atoms with van der Waals surface area (Å²) in [5.74, 6) is 0.210. The van der Waals surface area contributed by atoms with E-state index in [2.05, 4.69) is 34.2 Å². The van der Waals surface area contributed by atoms with Gasteiger partial charge in [-0.2, -0.15) is 0 Å². The van der Waals surface area contributed by atoms with Crippen molar-refractivity contribution in [2.45, 2.75) is 25.9 Å². The molecule has 0 unspecified atom stereocenters. The molecule has 0 saturated carbocycles. The third-order valence-corrected chi connectivity index (χ3v) is 5.18. The lowest BCUT2D eigenvalue weighted by molar-refractivity contribution is -0.120. The first kappa shape index (κ1) is 17.0. The number of piperazine rings is 1. The molecule has 0 spiro atoms. The van der Waals surface area contributed by atoms with Gasteiger partial charge in [0.2, 0.25) is 5.91 Å². The molecule has 1 N–H and O–H groups in total. The largest absolute Gasteiger partial charge is 0.354 e. The minimum Gasteiger partial charge on any atom is -0.354 e. The fraction of sp³-hybridized carbons (Fsp3) is 0.500. The highest BCUT2D eigenvalue weighted by Gasteiger charge is 2.28. The van der Waals surface area contributed by atoms with E-state index in [4.69, 9.17) is 4.52 Å². The number of imide groups is 1. The average Bonchev–Trinajstić information content (AvgIpc) is 3.00. The third-order valence-electron chi connectivity index (χ3n) is 5.18. The van der Waals surface area contributed by atoms with Crippen LogP contribution in [0.2, 0.25) is 0 Å². The summed E-state index contributed by atoms with van der Waals surface area (Å²) < 4.78 is 5.38. The SMILES string of the molecule is C[C@@H]1CN(C)CCN1Cc1ccc2onc(N3CCC(=O)NC3=O)c2c1. The molecule has 2 aromatic rings. The molecule has 0 radical (unpaired) electrons. The van der Waals surface area contributed by atoms with Crippen LogP contribution in [0.1, 0.15) is 18.9 Å². The van der Waals surface area contributed by atoms with Crippen molar-refractivity contribution in [3.05, 3.63) is 23.8 Å². The molecule has 0 bridgehead atoms. The molecule has 8 nitrogen and oxygen atoms in total. The molecular weight excluding hydrogens is 334 g/mol. The second-order valence-electron chi connectivity index (χ2n) is 7.17. The van der Waals surface area contributed by atoms with Gasteiger partial charge in [0.15, 0.2) is 11.4 Å². The molecule has 8 heteroatoms. The van der Waals surface area contributed by atoms with Crippen LogP contribution in [0.4, 0.5) is 10.6 Å². The summed E-state index contributed by atoms with van der Waals surface area (Å²) in [5, 5.41) is 7.19. The quantitative estimate of drug-likeness (QED) is 0.894. The first-order valence-corrected chi connectivity index (χ1v) is 8.93. The molecule has 1 aromatic carbocycles.